The zero-order valence-electron chi connectivity index (χ0n) is 9.86. The van der Waals surface area contributed by atoms with Crippen LogP contribution in [0.4, 0.5) is 0 Å². The van der Waals surface area contributed by atoms with Crippen molar-refractivity contribution < 1.29 is 0 Å². The van der Waals surface area contributed by atoms with Gasteiger partial charge in [-0.25, -0.2) is 0 Å². The zero-order valence-corrected chi connectivity index (χ0v) is 10.7. The van der Waals surface area contributed by atoms with Gasteiger partial charge in [0.25, 0.3) is 0 Å². The lowest BCUT2D eigenvalue weighted by Gasteiger charge is -2.30. The first-order valence-electron chi connectivity index (χ1n) is 6.41. The highest BCUT2D eigenvalue weighted by atomic mass is 32.1. The Balaban J connectivity index is 1.67. The molecule has 16 heavy (non-hydrogen) atoms. The average Bonchev–Trinajstić information content (AvgIpc) is 3.02. The summed E-state index contributed by atoms with van der Waals surface area (Å²) in [6, 6.07) is 0.677. The van der Waals surface area contributed by atoms with Gasteiger partial charge in [-0.15, -0.1) is 11.3 Å². The molecule has 0 aromatic carbocycles. The minimum absolute atomic E-state index is 0.677. The monoisotopic (exact) mass is 236 g/mol. The number of hydrogen-bond donors (Lipinski definition) is 1. The molecule has 2 nitrogen and oxygen atoms in total. The van der Waals surface area contributed by atoms with Gasteiger partial charge in [0.2, 0.25) is 0 Å². The maximum atomic E-state index is 4.17. The topological polar surface area (TPSA) is 24.9 Å². The van der Waals surface area contributed by atoms with Crippen molar-refractivity contribution in [3.05, 3.63) is 16.6 Å². The molecule has 0 aliphatic heterocycles. The first-order valence-corrected chi connectivity index (χ1v) is 7.29. The number of hydrogen-bond acceptors (Lipinski definition) is 3. The number of fused-ring (bicyclic) bond motifs is 2. The van der Waals surface area contributed by atoms with Crippen molar-refractivity contribution >= 4 is 11.3 Å². The summed E-state index contributed by atoms with van der Waals surface area (Å²) in [5.74, 6) is 2.98. The fraction of sp³-hybridized carbons (Fsp3) is 0.769. The molecule has 0 spiro atoms. The lowest BCUT2D eigenvalue weighted by molar-refractivity contribution is 0.256. The Kier molecular flexibility index (Phi) is 2.99. The summed E-state index contributed by atoms with van der Waals surface area (Å²) >= 11 is 1.79. The predicted molar refractivity (Wildman–Crippen MR) is 67.6 cm³/mol. The van der Waals surface area contributed by atoms with Gasteiger partial charge >= 0.3 is 0 Å². The molecule has 3 rings (SSSR count). The molecule has 0 amide bonds. The molecule has 4 unspecified atom stereocenters. The average molecular weight is 236 g/mol. The largest absolute Gasteiger partial charge is 0.316 e. The summed E-state index contributed by atoms with van der Waals surface area (Å²) in [5, 5.41) is 3.55. The Hall–Kier alpha value is -0.410. The highest BCUT2D eigenvalue weighted by molar-refractivity contribution is 7.09. The first kappa shape index (κ1) is 10.7. The molecule has 0 radical (unpaired) electrons. The third kappa shape index (κ3) is 1.91. The van der Waals surface area contributed by atoms with Crippen LogP contribution in [0.1, 0.15) is 30.6 Å². The summed E-state index contributed by atoms with van der Waals surface area (Å²) in [5.41, 5.74) is 1.95. The smallest absolute Gasteiger partial charge is 0.0794 e. The fourth-order valence-corrected chi connectivity index (χ4v) is 4.47. The molecule has 0 saturated heterocycles. The minimum atomic E-state index is 0.677. The van der Waals surface area contributed by atoms with Crippen LogP contribution < -0.4 is 5.32 Å². The quantitative estimate of drug-likeness (QED) is 0.869. The van der Waals surface area contributed by atoms with Crippen molar-refractivity contribution in [1.29, 1.82) is 0 Å². The van der Waals surface area contributed by atoms with Crippen LogP contribution in [0.25, 0.3) is 0 Å². The van der Waals surface area contributed by atoms with Crippen LogP contribution in [0, 0.1) is 17.8 Å². The molecule has 1 aromatic rings. The number of thiazole rings is 1. The maximum absolute atomic E-state index is 4.17. The van der Waals surface area contributed by atoms with Crippen LogP contribution in [-0.2, 0) is 6.42 Å². The van der Waals surface area contributed by atoms with E-state index in [0.717, 1.165) is 17.8 Å². The zero-order chi connectivity index (χ0) is 11.0. The van der Waals surface area contributed by atoms with E-state index < -0.39 is 0 Å². The van der Waals surface area contributed by atoms with Crippen molar-refractivity contribution in [2.45, 2.75) is 38.1 Å². The minimum Gasteiger partial charge on any atom is -0.316 e. The molecule has 2 aliphatic rings. The summed E-state index contributed by atoms with van der Waals surface area (Å²) in [7, 11) is 2.12. The first-order chi connectivity index (χ1) is 7.86. The van der Waals surface area contributed by atoms with Gasteiger partial charge in [0.05, 0.1) is 5.51 Å². The second-order valence-corrected chi connectivity index (χ2v) is 6.38. The fourth-order valence-electron chi connectivity index (χ4n) is 3.81. The van der Waals surface area contributed by atoms with Gasteiger partial charge in [-0.3, -0.25) is 4.98 Å². The maximum Gasteiger partial charge on any atom is 0.0794 e. The number of nitrogens with one attached hydrogen (secondary N) is 1. The van der Waals surface area contributed by atoms with Gasteiger partial charge in [-0.05, 0) is 50.5 Å². The lowest BCUT2D eigenvalue weighted by atomic mass is 9.82. The van der Waals surface area contributed by atoms with Crippen molar-refractivity contribution in [2.75, 3.05) is 7.05 Å². The van der Waals surface area contributed by atoms with Crippen LogP contribution in [0.5, 0.6) is 0 Å². The summed E-state index contributed by atoms with van der Waals surface area (Å²) in [4.78, 5) is 5.61. The molecule has 2 bridgehead atoms. The second-order valence-electron chi connectivity index (χ2n) is 5.41. The molecular weight excluding hydrogens is 216 g/mol. The number of nitrogens with zero attached hydrogens (tertiary/aromatic N) is 1. The molecule has 1 N–H and O–H groups in total. The predicted octanol–water partition coefficient (Wildman–Crippen LogP) is 2.71. The van der Waals surface area contributed by atoms with Crippen molar-refractivity contribution in [2.24, 2.45) is 17.8 Å². The normalized spacial score (nSPS) is 34.4. The van der Waals surface area contributed by atoms with Crippen molar-refractivity contribution in [3.63, 3.8) is 0 Å². The van der Waals surface area contributed by atoms with Gasteiger partial charge < -0.3 is 5.32 Å². The molecule has 1 aromatic heterocycles. The summed E-state index contributed by atoms with van der Waals surface area (Å²) < 4.78 is 0. The van der Waals surface area contributed by atoms with E-state index in [0.29, 0.717) is 6.04 Å². The van der Waals surface area contributed by atoms with Crippen LogP contribution in [0.15, 0.2) is 11.7 Å². The third-order valence-electron chi connectivity index (χ3n) is 4.58. The van der Waals surface area contributed by atoms with E-state index in [4.69, 9.17) is 0 Å². The Morgan fingerprint density at radius 3 is 3.00 bits per heavy atom. The van der Waals surface area contributed by atoms with E-state index in [1.807, 2.05) is 11.7 Å². The van der Waals surface area contributed by atoms with E-state index in [2.05, 4.69) is 17.3 Å². The van der Waals surface area contributed by atoms with Crippen molar-refractivity contribution in [3.8, 4) is 0 Å². The van der Waals surface area contributed by atoms with Gasteiger partial charge in [-0.2, -0.15) is 0 Å². The molecular formula is C13H20N2S. The van der Waals surface area contributed by atoms with Gasteiger partial charge in [0.15, 0.2) is 0 Å². The Morgan fingerprint density at radius 2 is 2.44 bits per heavy atom. The number of rotatable bonds is 4. The Morgan fingerprint density at radius 1 is 1.50 bits per heavy atom. The van der Waals surface area contributed by atoms with Crippen LogP contribution >= 0.6 is 11.3 Å². The number of aromatic nitrogens is 1. The van der Waals surface area contributed by atoms with E-state index in [9.17, 15) is 0 Å². The number of likely N-dealkylation sites (N-methyl/N-ethyl adjacent to an activating group) is 1. The SMILES string of the molecule is CNC(Cc1cncs1)C1CC2CCC1C2. The van der Waals surface area contributed by atoms with Crippen LogP contribution in [-0.4, -0.2) is 18.1 Å². The molecule has 2 aliphatic carbocycles. The van der Waals surface area contributed by atoms with E-state index >= 15 is 0 Å². The third-order valence-corrected chi connectivity index (χ3v) is 5.39. The molecule has 2 fully saturated rings. The molecule has 2 saturated carbocycles. The van der Waals surface area contributed by atoms with Gasteiger partial charge in [0.1, 0.15) is 0 Å². The molecule has 1 heterocycles. The van der Waals surface area contributed by atoms with Gasteiger partial charge in [-0.1, -0.05) is 6.42 Å². The van der Waals surface area contributed by atoms with E-state index in [1.165, 1.54) is 37.0 Å². The van der Waals surface area contributed by atoms with E-state index in [1.54, 1.807) is 11.3 Å². The highest BCUT2D eigenvalue weighted by Crippen LogP contribution is 2.49. The van der Waals surface area contributed by atoms with Crippen molar-refractivity contribution in [1.82, 2.24) is 10.3 Å². The van der Waals surface area contributed by atoms with Crippen LogP contribution in [0.3, 0.4) is 0 Å². The molecule has 88 valence electrons. The standard InChI is InChI=1S/C13H20N2S/c1-14-13(6-11-7-15-8-16-11)12-5-9-2-3-10(12)4-9/h7-10,12-14H,2-6H2,1H3. The molecule has 4 atom stereocenters. The second kappa shape index (κ2) is 4.46. The summed E-state index contributed by atoms with van der Waals surface area (Å²) in [6.45, 7) is 0. The lowest BCUT2D eigenvalue weighted by Crippen LogP contribution is -2.38. The Bertz CT molecular complexity index is 336. The summed E-state index contributed by atoms with van der Waals surface area (Å²) in [6.07, 6.45) is 9.16. The Labute approximate surface area is 101 Å². The van der Waals surface area contributed by atoms with E-state index in [-0.39, 0.29) is 0 Å². The van der Waals surface area contributed by atoms with Crippen LogP contribution in [0.2, 0.25) is 0 Å². The molecule has 3 heteroatoms. The highest BCUT2D eigenvalue weighted by Gasteiger charge is 2.42. The van der Waals surface area contributed by atoms with Gasteiger partial charge in [0, 0.05) is 17.1 Å².